The number of sulfonamides is 1. The van der Waals surface area contributed by atoms with Crippen LogP contribution in [0.25, 0.3) is 0 Å². The van der Waals surface area contributed by atoms with Crippen molar-refractivity contribution in [2.45, 2.75) is 17.9 Å². The molecule has 2 heterocycles. The van der Waals surface area contributed by atoms with Gasteiger partial charge in [-0.25, -0.2) is 26.9 Å². The van der Waals surface area contributed by atoms with E-state index < -0.39 is 51.0 Å². The number of anilines is 1. The van der Waals surface area contributed by atoms with Crippen LogP contribution in [-0.2, 0) is 14.8 Å². The van der Waals surface area contributed by atoms with Crippen LogP contribution in [0.1, 0.15) is 29.8 Å². The normalized spacial score (nSPS) is 15.2. The number of fused-ring (bicyclic) bond motifs is 1. The topological polar surface area (TPSA) is 156 Å². The minimum absolute atomic E-state index is 0.0783. The second kappa shape index (κ2) is 7.77. The molecule has 2 N–H and O–H groups in total. The van der Waals surface area contributed by atoms with E-state index >= 15 is 0 Å². The van der Waals surface area contributed by atoms with Crippen molar-refractivity contribution in [2.24, 2.45) is 0 Å². The number of urea groups is 1. The number of carbonyl (C=O) groups is 2. The van der Waals surface area contributed by atoms with E-state index in [0.717, 1.165) is 6.07 Å². The largest absolute Gasteiger partial charge is 0.348 e. The van der Waals surface area contributed by atoms with Gasteiger partial charge >= 0.3 is 6.03 Å². The lowest BCUT2D eigenvalue weighted by molar-refractivity contribution is -0.121. The Morgan fingerprint density at radius 1 is 1.33 bits per heavy atom. The molecule has 3 amide bonds. The third-order valence-electron chi connectivity index (χ3n) is 4.29. The van der Waals surface area contributed by atoms with Crippen molar-refractivity contribution >= 4 is 27.6 Å². The molecule has 2 aromatic rings. The Hall–Kier alpha value is -4.03. The summed E-state index contributed by atoms with van der Waals surface area (Å²) in [5.41, 5.74) is -0.358. The van der Waals surface area contributed by atoms with E-state index in [1.54, 1.807) is 12.1 Å². The van der Waals surface area contributed by atoms with Crippen LogP contribution < -0.4 is 10.6 Å². The summed E-state index contributed by atoms with van der Waals surface area (Å²) in [4.78, 5) is 27.8. The summed E-state index contributed by atoms with van der Waals surface area (Å²) in [6.07, 6.45) is 1.17. The number of amides is 3. The summed E-state index contributed by atoms with van der Waals surface area (Å²) in [6, 6.07) is 6.40. The number of aromatic nitrogens is 1. The van der Waals surface area contributed by atoms with Crippen LogP contribution in [0.5, 0.6) is 0 Å². The summed E-state index contributed by atoms with van der Waals surface area (Å²) in [5, 5.41) is 22.6. The zero-order valence-electron chi connectivity index (χ0n) is 15.4. The summed E-state index contributed by atoms with van der Waals surface area (Å²) in [7, 11) is -4.52. The number of halogens is 1. The Bertz CT molecular complexity index is 1250. The van der Waals surface area contributed by atoms with E-state index in [9.17, 15) is 22.4 Å². The number of nitrogens with one attached hydrogen (secondary N) is 2. The van der Waals surface area contributed by atoms with Gasteiger partial charge in [0.25, 0.3) is 10.0 Å². The molecule has 152 valence electrons. The molecule has 0 radical (unpaired) electrons. The molecule has 0 spiro atoms. The minimum Gasteiger partial charge on any atom is -0.348 e. The summed E-state index contributed by atoms with van der Waals surface area (Å²) in [6.45, 7) is 0.565. The molecule has 1 aromatic carbocycles. The molecule has 12 heteroatoms. The third kappa shape index (κ3) is 3.64. The van der Waals surface area contributed by atoms with Gasteiger partial charge in [0.2, 0.25) is 5.91 Å². The summed E-state index contributed by atoms with van der Waals surface area (Å²) in [5.74, 6) is -1.60. The van der Waals surface area contributed by atoms with Crippen LogP contribution in [0.2, 0.25) is 0 Å². The lowest BCUT2D eigenvalue weighted by atomic mass is 10.1. The molecule has 3 rings (SSSR count). The molecule has 0 fully saturated rings. The van der Waals surface area contributed by atoms with Gasteiger partial charge in [-0.1, -0.05) is 6.07 Å². The molecule has 1 atom stereocenters. The maximum atomic E-state index is 14.1. The fourth-order valence-corrected chi connectivity index (χ4v) is 4.40. The summed E-state index contributed by atoms with van der Waals surface area (Å²) >= 11 is 0. The van der Waals surface area contributed by atoms with E-state index in [1.807, 2.05) is 0 Å². The van der Waals surface area contributed by atoms with Crippen LogP contribution in [0.3, 0.4) is 0 Å². The van der Waals surface area contributed by atoms with Gasteiger partial charge in [-0.2, -0.15) is 10.5 Å². The van der Waals surface area contributed by atoms with E-state index in [4.69, 9.17) is 10.5 Å². The Balaban J connectivity index is 1.82. The lowest BCUT2D eigenvalue weighted by Gasteiger charge is -2.28. The smallest absolute Gasteiger partial charge is 0.336 e. The first kappa shape index (κ1) is 20.7. The maximum Gasteiger partial charge on any atom is 0.336 e. The Morgan fingerprint density at radius 3 is 2.70 bits per heavy atom. The highest BCUT2D eigenvalue weighted by atomic mass is 32.2. The molecule has 30 heavy (non-hydrogen) atoms. The fraction of sp³-hybridized carbons (Fsp3) is 0.167. The van der Waals surface area contributed by atoms with Crippen LogP contribution in [0, 0.1) is 28.5 Å². The molecule has 1 aromatic heterocycles. The van der Waals surface area contributed by atoms with Crippen molar-refractivity contribution in [1.29, 1.82) is 10.5 Å². The van der Waals surface area contributed by atoms with Crippen molar-refractivity contribution in [2.75, 3.05) is 11.9 Å². The number of hydrogen-bond acceptors (Lipinski definition) is 7. The first-order valence-corrected chi connectivity index (χ1v) is 9.84. The van der Waals surface area contributed by atoms with Crippen molar-refractivity contribution in [1.82, 2.24) is 14.6 Å². The van der Waals surface area contributed by atoms with Gasteiger partial charge in [0.05, 0.1) is 23.4 Å². The number of hydrogen-bond donors (Lipinski definition) is 2. The molecule has 0 bridgehead atoms. The SMILES string of the molecule is C[C@@H](NC(=O)CN1C(=O)Nc2ccnc(C#N)c2S1(=O)=O)c1ccc(C#N)cc1F. The van der Waals surface area contributed by atoms with Gasteiger partial charge in [-0.3, -0.25) is 4.79 Å². The van der Waals surface area contributed by atoms with E-state index in [1.165, 1.54) is 31.3 Å². The Labute approximate surface area is 170 Å². The second-order valence-electron chi connectivity index (χ2n) is 6.23. The molecule has 1 aliphatic rings. The van der Waals surface area contributed by atoms with Crippen LogP contribution in [-0.4, -0.2) is 36.2 Å². The predicted octanol–water partition coefficient (Wildman–Crippen LogP) is 1.38. The number of pyridine rings is 1. The lowest BCUT2D eigenvalue weighted by Crippen LogP contribution is -2.49. The standard InChI is InChI=1S/C18H13FN6O4S/c1-10(12-3-2-11(7-20)6-13(12)19)23-16(26)9-25-18(27)24-14-4-5-22-15(8-21)17(14)30(25,28)29/h2-6,10H,9H2,1H3,(H,23,26)(H,24,27)/t10-/m1/s1. The van der Waals surface area contributed by atoms with Crippen molar-refractivity contribution in [3.63, 3.8) is 0 Å². The van der Waals surface area contributed by atoms with Gasteiger partial charge in [-0.15, -0.1) is 0 Å². The maximum absolute atomic E-state index is 14.1. The average Bonchev–Trinajstić information content (AvgIpc) is 2.70. The average molecular weight is 428 g/mol. The van der Waals surface area contributed by atoms with E-state index in [0.29, 0.717) is 0 Å². The predicted molar refractivity (Wildman–Crippen MR) is 99.5 cm³/mol. The zero-order chi connectivity index (χ0) is 22.1. The highest BCUT2D eigenvalue weighted by Crippen LogP contribution is 2.31. The minimum atomic E-state index is -4.52. The van der Waals surface area contributed by atoms with Gasteiger partial charge in [0, 0.05) is 11.8 Å². The fourth-order valence-electron chi connectivity index (χ4n) is 2.88. The number of nitrogens with zero attached hydrogens (tertiary/aromatic N) is 4. The quantitative estimate of drug-likeness (QED) is 0.745. The third-order valence-corrected chi connectivity index (χ3v) is 6.09. The van der Waals surface area contributed by atoms with Gasteiger partial charge in [-0.05, 0) is 25.1 Å². The van der Waals surface area contributed by atoms with Crippen molar-refractivity contribution in [3.8, 4) is 12.1 Å². The zero-order valence-corrected chi connectivity index (χ0v) is 16.2. The highest BCUT2D eigenvalue weighted by Gasteiger charge is 2.40. The molecule has 0 saturated carbocycles. The van der Waals surface area contributed by atoms with E-state index in [-0.39, 0.29) is 21.1 Å². The molecule has 0 saturated heterocycles. The van der Waals surface area contributed by atoms with Gasteiger partial charge in [0.15, 0.2) is 5.69 Å². The van der Waals surface area contributed by atoms with Crippen LogP contribution in [0.15, 0.2) is 35.4 Å². The van der Waals surface area contributed by atoms with Gasteiger partial charge < -0.3 is 10.6 Å². The number of carbonyl (C=O) groups excluding carboxylic acids is 2. The summed E-state index contributed by atoms with van der Waals surface area (Å²) < 4.78 is 40.0. The van der Waals surface area contributed by atoms with E-state index in [2.05, 4.69) is 15.6 Å². The second-order valence-corrected chi connectivity index (χ2v) is 8.03. The first-order valence-electron chi connectivity index (χ1n) is 8.40. The number of nitriles is 2. The Kier molecular flexibility index (Phi) is 5.36. The first-order chi connectivity index (χ1) is 14.2. The monoisotopic (exact) mass is 428 g/mol. The number of benzene rings is 1. The van der Waals surface area contributed by atoms with Crippen molar-refractivity contribution in [3.05, 3.63) is 53.1 Å². The molecular formula is C18H13FN6O4S. The van der Waals surface area contributed by atoms with Crippen LogP contribution in [0.4, 0.5) is 14.9 Å². The highest BCUT2D eigenvalue weighted by molar-refractivity contribution is 7.90. The Morgan fingerprint density at radius 2 is 2.07 bits per heavy atom. The molecular weight excluding hydrogens is 415 g/mol. The molecule has 10 nitrogen and oxygen atoms in total. The number of rotatable bonds is 4. The van der Waals surface area contributed by atoms with Crippen molar-refractivity contribution < 1.29 is 22.4 Å². The molecule has 0 unspecified atom stereocenters. The van der Waals surface area contributed by atoms with Gasteiger partial charge in [0.1, 0.15) is 23.3 Å². The molecule has 0 aliphatic carbocycles. The molecule has 1 aliphatic heterocycles. The van der Waals surface area contributed by atoms with Crippen LogP contribution >= 0.6 is 0 Å².